The molecular formula is C32H38O8. The zero-order valence-electron chi connectivity index (χ0n) is 23.0. The number of carbonyl (C=O) groups is 3. The Bertz CT molecular complexity index is 1160. The van der Waals surface area contributed by atoms with E-state index in [1.54, 1.807) is 36.4 Å². The molecule has 2 aromatic carbocycles. The first-order valence-corrected chi connectivity index (χ1v) is 13.7. The van der Waals surface area contributed by atoms with Crippen LogP contribution in [0.2, 0.25) is 0 Å². The van der Waals surface area contributed by atoms with Crippen LogP contribution in [0.3, 0.4) is 0 Å². The number of hydrogen-bond donors (Lipinski definition) is 2. The van der Waals surface area contributed by atoms with Crippen LogP contribution in [0.15, 0.2) is 66.8 Å². The monoisotopic (exact) mass is 550 g/mol. The number of rotatable bonds is 13. The molecule has 40 heavy (non-hydrogen) atoms. The van der Waals surface area contributed by atoms with Crippen molar-refractivity contribution in [2.75, 3.05) is 13.2 Å². The fourth-order valence-corrected chi connectivity index (χ4v) is 4.63. The Labute approximate surface area is 235 Å². The highest BCUT2D eigenvalue weighted by Crippen LogP contribution is 2.34. The van der Waals surface area contributed by atoms with Crippen LogP contribution in [-0.4, -0.2) is 41.3 Å². The summed E-state index contributed by atoms with van der Waals surface area (Å²) in [6.45, 7) is 7.96. The number of aliphatic hydroxyl groups excluding tert-OH is 2. The average Bonchev–Trinajstić information content (AvgIpc) is 2.96. The molecule has 0 amide bonds. The smallest absolute Gasteiger partial charge is 0.341 e. The van der Waals surface area contributed by atoms with Crippen molar-refractivity contribution in [2.24, 2.45) is 11.8 Å². The van der Waals surface area contributed by atoms with Crippen LogP contribution in [0.4, 0.5) is 0 Å². The van der Waals surface area contributed by atoms with Gasteiger partial charge in [0.1, 0.15) is 17.2 Å². The van der Waals surface area contributed by atoms with E-state index < -0.39 is 25.2 Å². The molecule has 0 unspecified atom stereocenters. The van der Waals surface area contributed by atoms with Crippen LogP contribution in [0.25, 0.3) is 11.1 Å². The second kappa shape index (κ2) is 15.1. The molecule has 1 aliphatic carbocycles. The summed E-state index contributed by atoms with van der Waals surface area (Å²) in [6.07, 6.45) is 8.81. The van der Waals surface area contributed by atoms with E-state index >= 15 is 0 Å². The predicted molar refractivity (Wildman–Crippen MR) is 151 cm³/mol. The second-order valence-electron chi connectivity index (χ2n) is 10.2. The van der Waals surface area contributed by atoms with Crippen molar-refractivity contribution in [2.45, 2.75) is 58.3 Å². The normalized spacial score (nSPS) is 16.6. The van der Waals surface area contributed by atoms with Gasteiger partial charge in [-0.15, -0.1) is 0 Å². The molecule has 2 N–H and O–H groups in total. The topological polar surface area (TPSA) is 119 Å². The molecule has 0 saturated heterocycles. The van der Waals surface area contributed by atoms with Crippen LogP contribution in [-0.2, 0) is 14.4 Å². The number of esters is 3. The molecule has 0 aromatic heterocycles. The maximum Gasteiger partial charge on any atom is 0.341 e. The minimum Gasteiger partial charge on any atom is -0.426 e. The van der Waals surface area contributed by atoms with Crippen molar-refractivity contribution in [1.29, 1.82) is 0 Å². The zero-order chi connectivity index (χ0) is 29.1. The summed E-state index contributed by atoms with van der Waals surface area (Å²) < 4.78 is 16.2. The predicted octanol–water partition coefficient (Wildman–Crippen LogP) is 5.55. The third kappa shape index (κ3) is 8.89. The number of benzene rings is 2. The first kappa shape index (κ1) is 30.8. The maximum absolute atomic E-state index is 12.8. The van der Waals surface area contributed by atoms with E-state index in [0.717, 1.165) is 25.7 Å². The largest absolute Gasteiger partial charge is 0.426 e. The molecule has 214 valence electrons. The standard InChI is InChI=1S/C32H38O8/c1-4-5-6-7-23-8-10-25(11-9-23)32(37)38-27-14-12-24(13-15-27)26-16-28(39-30(35)21(2)19-33)18-29(17-26)40-31(36)22(3)20-34/h12-18,23,25,33-34H,2-11,19-20H2,1H3. The molecule has 8 heteroatoms. The minimum atomic E-state index is -0.839. The molecular weight excluding hydrogens is 512 g/mol. The Morgan fingerprint density at radius 3 is 1.80 bits per heavy atom. The second-order valence-corrected chi connectivity index (χ2v) is 10.2. The molecule has 1 aliphatic rings. The summed E-state index contributed by atoms with van der Waals surface area (Å²) in [5, 5.41) is 18.3. The van der Waals surface area contributed by atoms with Crippen molar-refractivity contribution in [3.05, 3.63) is 66.8 Å². The van der Waals surface area contributed by atoms with Crippen molar-refractivity contribution in [1.82, 2.24) is 0 Å². The van der Waals surface area contributed by atoms with Crippen molar-refractivity contribution >= 4 is 17.9 Å². The van der Waals surface area contributed by atoms with Crippen LogP contribution in [0, 0.1) is 11.8 Å². The molecule has 0 atom stereocenters. The summed E-state index contributed by atoms with van der Waals surface area (Å²) in [7, 11) is 0. The fourth-order valence-electron chi connectivity index (χ4n) is 4.63. The lowest BCUT2D eigenvalue weighted by Crippen LogP contribution is -2.25. The third-order valence-corrected chi connectivity index (χ3v) is 7.06. The van der Waals surface area contributed by atoms with E-state index in [4.69, 9.17) is 24.4 Å². The Balaban J connectivity index is 1.70. The molecule has 1 fully saturated rings. The van der Waals surface area contributed by atoms with Gasteiger partial charge in [0, 0.05) is 6.07 Å². The van der Waals surface area contributed by atoms with Gasteiger partial charge in [-0.3, -0.25) is 4.79 Å². The Morgan fingerprint density at radius 2 is 1.30 bits per heavy atom. The van der Waals surface area contributed by atoms with Crippen LogP contribution >= 0.6 is 0 Å². The van der Waals surface area contributed by atoms with Gasteiger partial charge in [0.25, 0.3) is 0 Å². The zero-order valence-corrected chi connectivity index (χ0v) is 23.0. The fraction of sp³-hybridized carbons (Fsp3) is 0.406. The van der Waals surface area contributed by atoms with Gasteiger partial charge in [-0.1, -0.05) is 57.9 Å². The summed E-state index contributed by atoms with van der Waals surface area (Å²) >= 11 is 0. The van der Waals surface area contributed by atoms with Crippen LogP contribution in [0.5, 0.6) is 17.2 Å². The third-order valence-electron chi connectivity index (χ3n) is 7.06. The highest BCUT2D eigenvalue weighted by molar-refractivity contribution is 5.91. The van der Waals surface area contributed by atoms with Gasteiger partial charge >= 0.3 is 17.9 Å². The van der Waals surface area contributed by atoms with Gasteiger partial charge in [0.2, 0.25) is 0 Å². The van der Waals surface area contributed by atoms with Crippen molar-refractivity contribution < 1.29 is 38.8 Å². The number of unbranched alkanes of at least 4 members (excludes halogenated alkanes) is 2. The lowest BCUT2D eigenvalue weighted by atomic mass is 9.80. The van der Waals surface area contributed by atoms with Gasteiger partial charge < -0.3 is 24.4 Å². The van der Waals surface area contributed by atoms with E-state index in [9.17, 15) is 14.4 Å². The van der Waals surface area contributed by atoms with E-state index in [0.29, 0.717) is 22.8 Å². The maximum atomic E-state index is 12.8. The molecule has 0 bridgehead atoms. The first-order valence-electron chi connectivity index (χ1n) is 13.7. The minimum absolute atomic E-state index is 0.0512. The number of hydrogen-bond acceptors (Lipinski definition) is 8. The molecule has 0 aliphatic heterocycles. The highest BCUT2D eigenvalue weighted by Gasteiger charge is 2.27. The summed E-state index contributed by atoms with van der Waals surface area (Å²) in [4.78, 5) is 37.1. The number of carbonyl (C=O) groups excluding carboxylic acids is 3. The Hall–Kier alpha value is -3.75. The molecule has 0 radical (unpaired) electrons. The lowest BCUT2D eigenvalue weighted by Gasteiger charge is -2.27. The molecule has 1 saturated carbocycles. The van der Waals surface area contributed by atoms with E-state index in [2.05, 4.69) is 20.1 Å². The van der Waals surface area contributed by atoms with Gasteiger partial charge in [-0.2, -0.15) is 0 Å². The number of ether oxygens (including phenoxy) is 3. The lowest BCUT2D eigenvalue weighted by molar-refractivity contribution is -0.140. The first-order chi connectivity index (χ1) is 19.2. The molecule has 0 heterocycles. The van der Waals surface area contributed by atoms with Gasteiger partial charge in [0.05, 0.1) is 30.3 Å². The quantitative estimate of drug-likeness (QED) is 0.144. The van der Waals surface area contributed by atoms with Crippen molar-refractivity contribution in [3.63, 3.8) is 0 Å². The summed E-state index contributed by atoms with van der Waals surface area (Å²) in [5.41, 5.74) is 0.920. The summed E-state index contributed by atoms with van der Waals surface area (Å²) in [6, 6.07) is 11.3. The molecule has 3 rings (SSSR count). The van der Waals surface area contributed by atoms with Crippen LogP contribution in [0.1, 0.15) is 58.3 Å². The molecule has 0 spiro atoms. The SMILES string of the molecule is C=C(CO)C(=O)Oc1cc(OC(=O)C(=C)CO)cc(-c2ccc(OC(=O)C3CCC(CCCCC)CC3)cc2)c1. The van der Waals surface area contributed by atoms with E-state index in [-0.39, 0.29) is 34.5 Å². The van der Waals surface area contributed by atoms with Gasteiger partial charge in [-0.25, -0.2) is 9.59 Å². The van der Waals surface area contributed by atoms with Crippen LogP contribution < -0.4 is 14.2 Å². The number of aliphatic hydroxyl groups is 2. The average molecular weight is 551 g/mol. The van der Waals surface area contributed by atoms with Gasteiger partial charge in [0.15, 0.2) is 0 Å². The van der Waals surface area contributed by atoms with Crippen molar-refractivity contribution in [3.8, 4) is 28.4 Å². The van der Waals surface area contributed by atoms with Gasteiger partial charge in [-0.05, 0) is 67.0 Å². The Morgan fingerprint density at radius 1 is 0.750 bits per heavy atom. The van der Waals surface area contributed by atoms with E-state index in [1.807, 2.05) is 0 Å². The highest BCUT2D eigenvalue weighted by atomic mass is 16.5. The van der Waals surface area contributed by atoms with E-state index in [1.165, 1.54) is 31.7 Å². The molecule has 2 aromatic rings. The molecule has 8 nitrogen and oxygen atoms in total. The Kier molecular flexibility index (Phi) is 11.7. The summed E-state index contributed by atoms with van der Waals surface area (Å²) in [5.74, 6) is -0.748.